The van der Waals surface area contributed by atoms with Crippen molar-refractivity contribution in [3.8, 4) is 0 Å². The smallest absolute Gasteiger partial charge is 0.281 e. The highest BCUT2D eigenvalue weighted by atomic mass is 79.9. The molecule has 72 valence electrons. The predicted molar refractivity (Wildman–Crippen MR) is 43.2 cm³/mol. The summed E-state index contributed by atoms with van der Waals surface area (Å²) in [5.74, 6) is 0. The lowest BCUT2D eigenvalue weighted by atomic mass is 10.3. The first kappa shape index (κ1) is 10.6. The summed E-state index contributed by atoms with van der Waals surface area (Å²) in [4.78, 5) is 0. The summed E-state index contributed by atoms with van der Waals surface area (Å²) in [6, 6.07) is 0. The number of hydrogen-bond donors (Lipinski definition) is 0. The van der Waals surface area contributed by atoms with Gasteiger partial charge in [-0.25, -0.2) is 8.18 Å². The van der Waals surface area contributed by atoms with Crippen LogP contribution in [0.1, 0.15) is 25.7 Å². The summed E-state index contributed by atoms with van der Waals surface area (Å²) in [7, 11) is -3.98. The van der Waals surface area contributed by atoms with Gasteiger partial charge in [0.25, 0.3) is 0 Å². The molecular formula is C5H9BrFO4P. The standard InChI is InChI=1S/C5H9BrFO4P/c6-10-12(8,11-7)9-5-3-1-2-4-5/h5H,1-4H2. The number of phosphoric acid groups is 1. The molecule has 1 aliphatic carbocycles. The van der Waals surface area contributed by atoms with Gasteiger partial charge in [-0.05, 0) is 17.4 Å². The van der Waals surface area contributed by atoms with Crippen LogP contribution in [0.25, 0.3) is 0 Å². The molecule has 1 unspecified atom stereocenters. The highest BCUT2D eigenvalue weighted by Crippen LogP contribution is 2.54. The van der Waals surface area contributed by atoms with E-state index >= 15 is 0 Å². The van der Waals surface area contributed by atoms with E-state index in [-0.39, 0.29) is 6.10 Å². The Hall–Kier alpha value is 0.520. The first-order valence-corrected chi connectivity index (χ1v) is 5.70. The molecule has 0 bridgehead atoms. The summed E-state index contributed by atoms with van der Waals surface area (Å²) in [5, 5.41) is 0. The molecule has 1 rings (SSSR count). The Kier molecular flexibility index (Phi) is 4.13. The topological polar surface area (TPSA) is 44.8 Å². The molecule has 0 aromatic rings. The molecule has 0 spiro atoms. The summed E-state index contributed by atoms with van der Waals surface area (Å²) in [5.41, 5.74) is 0. The summed E-state index contributed by atoms with van der Waals surface area (Å²) < 4.78 is 34.7. The van der Waals surface area contributed by atoms with Crippen LogP contribution in [-0.2, 0) is 17.4 Å². The first-order chi connectivity index (χ1) is 5.70. The second-order valence-electron chi connectivity index (χ2n) is 2.60. The van der Waals surface area contributed by atoms with Gasteiger partial charge in [-0.1, -0.05) is 17.6 Å². The Labute approximate surface area is 78.3 Å². The molecule has 0 heterocycles. The van der Waals surface area contributed by atoms with Crippen LogP contribution < -0.4 is 0 Å². The third-order valence-electron chi connectivity index (χ3n) is 1.75. The monoisotopic (exact) mass is 262 g/mol. The van der Waals surface area contributed by atoms with E-state index in [2.05, 4.69) is 24.6 Å². The number of rotatable bonds is 4. The van der Waals surface area contributed by atoms with Crippen molar-refractivity contribution in [1.29, 1.82) is 0 Å². The van der Waals surface area contributed by atoms with Crippen LogP contribution in [0.15, 0.2) is 0 Å². The lowest BCUT2D eigenvalue weighted by Gasteiger charge is -2.13. The van der Waals surface area contributed by atoms with Gasteiger partial charge in [0.05, 0.1) is 6.10 Å². The second-order valence-corrected chi connectivity index (χ2v) is 4.85. The molecule has 0 aromatic carbocycles. The molecule has 0 amide bonds. The van der Waals surface area contributed by atoms with Gasteiger partial charge in [0.15, 0.2) is 0 Å². The lowest BCUT2D eigenvalue weighted by Crippen LogP contribution is -2.05. The fourth-order valence-electron chi connectivity index (χ4n) is 1.22. The van der Waals surface area contributed by atoms with Gasteiger partial charge in [0.2, 0.25) is 0 Å². The maximum atomic E-state index is 11.7. The Morgan fingerprint density at radius 1 is 1.42 bits per heavy atom. The van der Waals surface area contributed by atoms with E-state index in [0.717, 1.165) is 25.7 Å². The van der Waals surface area contributed by atoms with Crippen LogP contribution in [-0.4, -0.2) is 6.10 Å². The third kappa shape index (κ3) is 2.78. The molecule has 1 atom stereocenters. The van der Waals surface area contributed by atoms with Crippen molar-refractivity contribution < 1.29 is 22.0 Å². The van der Waals surface area contributed by atoms with Crippen LogP contribution >= 0.6 is 24.1 Å². The van der Waals surface area contributed by atoms with Gasteiger partial charge >= 0.3 is 7.82 Å². The average Bonchev–Trinajstić information content (AvgIpc) is 2.57. The second kappa shape index (κ2) is 4.67. The molecule has 1 saturated carbocycles. The Morgan fingerprint density at radius 2 is 2.00 bits per heavy atom. The van der Waals surface area contributed by atoms with Crippen molar-refractivity contribution in [3.63, 3.8) is 0 Å². The van der Waals surface area contributed by atoms with Gasteiger partial charge in [0, 0.05) is 0 Å². The Morgan fingerprint density at radius 3 is 2.42 bits per heavy atom. The van der Waals surface area contributed by atoms with Crippen molar-refractivity contribution in [1.82, 2.24) is 0 Å². The molecule has 0 aromatic heterocycles. The largest absolute Gasteiger partial charge is 0.517 e. The van der Waals surface area contributed by atoms with E-state index in [1.165, 1.54) is 0 Å². The van der Waals surface area contributed by atoms with Gasteiger partial charge in [-0.3, -0.25) is 4.52 Å². The zero-order valence-electron chi connectivity index (χ0n) is 6.24. The Balaban J connectivity index is 2.41. The minimum absolute atomic E-state index is 0.218. The fourth-order valence-corrected chi connectivity index (χ4v) is 2.22. The fraction of sp³-hybridized carbons (Fsp3) is 1.00. The van der Waals surface area contributed by atoms with Gasteiger partial charge in [-0.15, -0.1) is 0 Å². The predicted octanol–water partition coefficient (Wildman–Crippen LogP) is 3.28. The minimum Gasteiger partial charge on any atom is -0.281 e. The van der Waals surface area contributed by atoms with Crippen molar-refractivity contribution in [2.45, 2.75) is 31.8 Å². The molecule has 0 aliphatic heterocycles. The summed E-state index contributed by atoms with van der Waals surface area (Å²) in [6.45, 7) is 0. The van der Waals surface area contributed by atoms with E-state index in [1.807, 2.05) is 0 Å². The quantitative estimate of drug-likeness (QED) is 0.730. The maximum absolute atomic E-state index is 11.7. The van der Waals surface area contributed by atoms with E-state index in [9.17, 15) is 9.09 Å². The van der Waals surface area contributed by atoms with E-state index in [0.29, 0.717) is 0 Å². The molecule has 0 N–H and O–H groups in total. The summed E-state index contributed by atoms with van der Waals surface area (Å²) in [6.07, 6.45) is 3.32. The molecule has 12 heavy (non-hydrogen) atoms. The Bertz CT molecular complexity index is 176. The molecule has 7 heteroatoms. The van der Waals surface area contributed by atoms with Crippen LogP contribution in [0, 0.1) is 0 Å². The zero-order valence-corrected chi connectivity index (χ0v) is 8.72. The summed E-state index contributed by atoms with van der Waals surface area (Å²) >= 11 is 2.39. The third-order valence-corrected chi connectivity index (χ3v) is 3.71. The zero-order chi connectivity index (χ0) is 9.03. The van der Waals surface area contributed by atoms with E-state index in [1.54, 1.807) is 0 Å². The SMILES string of the molecule is O=P(OF)(OBr)OC1CCCC1. The van der Waals surface area contributed by atoms with Gasteiger partial charge < -0.3 is 0 Å². The van der Waals surface area contributed by atoms with Crippen LogP contribution in [0.3, 0.4) is 0 Å². The van der Waals surface area contributed by atoms with E-state index in [4.69, 9.17) is 4.52 Å². The average molecular weight is 263 g/mol. The van der Waals surface area contributed by atoms with Crippen LogP contribution in [0.5, 0.6) is 0 Å². The molecule has 0 saturated heterocycles. The normalized spacial score (nSPS) is 24.2. The van der Waals surface area contributed by atoms with Crippen molar-refractivity contribution in [3.05, 3.63) is 0 Å². The molecule has 0 radical (unpaired) electrons. The van der Waals surface area contributed by atoms with Crippen molar-refractivity contribution in [2.75, 3.05) is 0 Å². The first-order valence-electron chi connectivity index (χ1n) is 3.59. The highest BCUT2D eigenvalue weighted by Gasteiger charge is 2.33. The van der Waals surface area contributed by atoms with Crippen molar-refractivity contribution in [2.24, 2.45) is 0 Å². The van der Waals surface area contributed by atoms with Crippen LogP contribution in [0.4, 0.5) is 4.53 Å². The lowest BCUT2D eigenvalue weighted by molar-refractivity contribution is -0.0498. The molecular weight excluding hydrogens is 254 g/mol. The van der Waals surface area contributed by atoms with Crippen LogP contribution in [0.2, 0.25) is 0 Å². The minimum atomic E-state index is -3.98. The molecule has 1 fully saturated rings. The molecule has 1 aliphatic rings. The number of hydrogen-bond acceptors (Lipinski definition) is 4. The van der Waals surface area contributed by atoms with Gasteiger partial charge in [-0.2, -0.15) is 0 Å². The molecule has 4 nitrogen and oxygen atoms in total. The maximum Gasteiger partial charge on any atom is 0.517 e. The van der Waals surface area contributed by atoms with Crippen molar-refractivity contribution >= 4 is 24.1 Å². The van der Waals surface area contributed by atoms with E-state index < -0.39 is 7.82 Å². The number of halogens is 2. The highest BCUT2D eigenvalue weighted by molar-refractivity contribution is 9.06. The van der Waals surface area contributed by atoms with Gasteiger partial charge in [0.1, 0.15) is 16.3 Å².